The van der Waals surface area contributed by atoms with Crippen LogP contribution in [0.5, 0.6) is 5.75 Å². The second-order valence-corrected chi connectivity index (χ2v) is 5.22. The van der Waals surface area contributed by atoms with Crippen LogP contribution < -0.4 is 15.4 Å². The molecule has 0 heterocycles. The van der Waals surface area contributed by atoms with E-state index in [1.165, 1.54) is 12.1 Å². The Morgan fingerprint density at radius 3 is 2.14 bits per heavy atom. The first-order chi connectivity index (χ1) is 9.79. The van der Waals surface area contributed by atoms with Crippen molar-refractivity contribution in [2.24, 2.45) is 0 Å². The van der Waals surface area contributed by atoms with Gasteiger partial charge in [0.1, 0.15) is 5.75 Å². The smallest absolute Gasteiger partial charge is 0.387 e. The molecule has 0 spiro atoms. The molecule has 6 heteroatoms. The molecule has 1 rings (SSSR count). The van der Waals surface area contributed by atoms with Crippen LogP contribution in [0.2, 0.25) is 0 Å². The third-order valence-corrected chi connectivity index (χ3v) is 2.93. The number of halogens is 2. The highest BCUT2D eigenvalue weighted by atomic mass is 19.3. The van der Waals surface area contributed by atoms with E-state index in [-0.39, 0.29) is 29.8 Å². The number of ether oxygens (including phenoxy) is 1. The number of nitrogens with one attached hydrogen (secondary N) is 2. The van der Waals surface area contributed by atoms with Crippen LogP contribution in [-0.2, 0) is 4.79 Å². The van der Waals surface area contributed by atoms with Crippen LogP contribution in [0, 0.1) is 0 Å². The highest BCUT2D eigenvalue weighted by Crippen LogP contribution is 2.19. The van der Waals surface area contributed by atoms with E-state index in [1.54, 1.807) is 19.1 Å². The van der Waals surface area contributed by atoms with Crippen LogP contribution in [0.15, 0.2) is 24.3 Å². The summed E-state index contributed by atoms with van der Waals surface area (Å²) < 4.78 is 28.4. The molecule has 1 amide bonds. The Hall–Kier alpha value is -1.69. The third-order valence-electron chi connectivity index (χ3n) is 2.93. The monoisotopic (exact) mass is 300 g/mol. The fourth-order valence-corrected chi connectivity index (χ4v) is 1.89. The molecule has 0 aliphatic heterocycles. The minimum Gasteiger partial charge on any atom is -0.435 e. The number of amides is 1. The van der Waals surface area contributed by atoms with Gasteiger partial charge in [-0.2, -0.15) is 8.78 Å². The topological polar surface area (TPSA) is 50.4 Å². The Labute approximate surface area is 123 Å². The average molecular weight is 300 g/mol. The minimum absolute atomic E-state index is 0.0745. The van der Waals surface area contributed by atoms with Crippen molar-refractivity contribution < 1.29 is 18.3 Å². The van der Waals surface area contributed by atoms with E-state index in [4.69, 9.17) is 0 Å². The number of benzene rings is 1. The Balaban J connectivity index is 2.58. The SMILES string of the molecule is CC(C)NC(=O)C(C)NC(C)c1ccc(OC(F)F)cc1. The third kappa shape index (κ3) is 6.08. The Kier molecular flexibility index (Phi) is 6.55. The summed E-state index contributed by atoms with van der Waals surface area (Å²) in [5, 5.41) is 5.99. The summed E-state index contributed by atoms with van der Waals surface area (Å²) in [7, 11) is 0. The highest BCUT2D eigenvalue weighted by Gasteiger charge is 2.16. The quantitative estimate of drug-likeness (QED) is 0.814. The van der Waals surface area contributed by atoms with E-state index in [9.17, 15) is 13.6 Å². The summed E-state index contributed by atoms with van der Waals surface area (Å²) in [5.74, 6) is 0.0426. The minimum atomic E-state index is -2.83. The van der Waals surface area contributed by atoms with Gasteiger partial charge in [-0.1, -0.05) is 12.1 Å². The van der Waals surface area contributed by atoms with E-state index in [0.29, 0.717) is 0 Å². The van der Waals surface area contributed by atoms with Crippen molar-refractivity contribution in [3.05, 3.63) is 29.8 Å². The van der Waals surface area contributed by atoms with Crippen molar-refractivity contribution in [2.45, 2.75) is 52.4 Å². The van der Waals surface area contributed by atoms with Gasteiger partial charge < -0.3 is 10.1 Å². The van der Waals surface area contributed by atoms with Gasteiger partial charge in [0.05, 0.1) is 6.04 Å². The maximum atomic E-state index is 12.1. The summed E-state index contributed by atoms with van der Waals surface area (Å²) >= 11 is 0. The molecule has 2 atom stereocenters. The maximum Gasteiger partial charge on any atom is 0.387 e. The molecule has 21 heavy (non-hydrogen) atoms. The second-order valence-electron chi connectivity index (χ2n) is 5.22. The van der Waals surface area contributed by atoms with E-state index < -0.39 is 6.61 Å². The molecule has 4 nitrogen and oxygen atoms in total. The van der Waals surface area contributed by atoms with Gasteiger partial charge in [-0.3, -0.25) is 10.1 Å². The number of carbonyl (C=O) groups is 1. The summed E-state index contributed by atoms with van der Waals surface area (Å²) in [5.41, 5.74) is 0.890. The highest BCUT2D eigenvalue weighted by molar-refractivity contribution is 5.81. The molecule has 2 N–H and O–H groups in total. The summed E-state index contributed by atoms with van der Waals surface area (Å²) in [6.07, 6.45) is 0. The van der Waals surface area contributed by atoms with Crippen molar-refractivity contribution >= 4 is 5.91 Å². The van der Waals surface area contributed by atoms with E-state index >= 15 is 0 Å². The first kappa shape index (κ1) is 17.4. The first-order valence-electron chi connectivity index (χ1n) is 6.90. The lowest BCUT2D eigenvalue weighted by atomic mass is 10.1. The second kappa shape index (κ2) is 7.93. The van der Waals surface area contributed by atoms with Crippen LogP contribution in [-0.4, -0.2) is 24.6 Å². The normalized spacial score (nSPS) is 14.1. The average Bonchev–Trinajstić information content (AvgIpc) is 2.37. The van der Waals surface area contributed by atoms with Gasteiger partial charge in [-0.15, -0.1) is 0 Å². The Morgan fingerprint density at radius 1 is 1.10 bits per heavy atom. The molecule has 0 aliphatic carbocycles. The molecule has 118 valence electrons. The van der Waals surface area contributed by atoms with Crippen molar-refractivity contribution in [1.82, 2.24) is 10.6 Å². The number of hydrogen-bond acceptors (Lipinski definition) is 3. The van der Waals surface area contributed by atoms with Crippen molar-refractivity contribution in [1.29, 1.82) is 0 Å². The van der Waals surface area contributed by atoms with Crippen molar-refractivity contribution in [3.8, 4) is 5.75 Å². The molecule has 0 saturated heterocycles. The molecule has 2 unspecified atom stereocenters. The fourth-order valence-electron chi connectivity index (χ4n) is 1.89. The molecule has 0 aromatic heterocycles. The lowest BCUT2D eigenvalue weighted by molar-refractivity contribution is -0.123. The van der Waals surface area contributed by atoms with Gasteiger partial charge in [-0.25, -0.2) is 0 Å². The zero-order chi connectivity index (χ0) is 16.0. The Bertz CT molecular complexity index is 449. The predicted octanol–water partition coefficient (Wildman–Crippen LogP) is 2.85. The van der Waals surface area contributed by atoms with Gasteiger partial charge in [0.25, 0.3) is 0 Å². The molecule has 0 saturated carbocycles. The summed E-state index contributed by atoms with van der Waals surface area (Å²) in [6.45, 7) is 4.65. The van der Waals surface area contributed by atoms with Gasteiger partial charge in [0, 0.05) is 12.1 Å². The zero-order valence-electron chi connectivity index (χ0n) is 12.7. The summed E-state index contributed by atoms with van der Waals surface area (Å²) in [4.78, 5) is 11.8. The molecule has 1 aromatic rings. The van der Waals surface area contributed by atoms with Crippen molar-refractivity contribution in [2.75, 3.05) is 0 Å². The van der Waals surface area contributed by atoms with E-state index in [1.807, 2.05) is 20.8 Å². The molecule has 1 aromatic carbocycles. The largest absolute Gasteiger partial charge is 0.435 e. The van der Waals surface area contributed by atoms with Crippen LogP contribution in [0.3, 0.4) is 0 Å². The number of carbonyl (C=O) groups excluding carboxylic acids is 1. The lowest BCUT2D eigenvalue weighted by Gasteiger charge is -2.21. The van der Waals surface area contributed by atoms with Gasteiger partial charge in [-0.05, 0) is 45.4 Å². The van der Waals surface area contributed by atoms with Gasteiger partial charge >= 0.3 is 6.61 Å². The van der Waals surface area contributed by atoms with Crippen LogP contribution in [0.1, 0.15) is 39.3 Å². The Morgan fingerprint density at radius 2 is 1.67 bits per heavy atom. The molecule has 0 aliphatic rings. The molecular formula is C15H22F2N2O2. The van der Waals surface area contributed by atoms with Crippen LogP contribution >= 0.6 is 0 Å². The maximum absolute atomic E-state index is 12.1. The molecule has 0 fully saturated rings. The molecular weight excluding hydrogens is 278 g/mol. The first-order valence-corrected chi connectivity index (χ1v) is 6.90. The van der Waals surface area contributed by atoms with Crippen LogP contribution in [0.25, 0.3) is 0 Å². The number of alkyl halides is 2. The fraction of sp³-hybridized carbons (Fsp3) is 0.533. The zero-order valence-corrected chi connectivity index (χ0v) is 12.7. The van der Waals surface area contributed by atoms with Crippen LogP contribution in [0.4, 0.5) is 8.78 Å². The van der Waals surface area contributed by atoms with E-state index in [0.717, 1.165) is 5.56 Å². The van der Waals surface area contributed by atoms with Crippen molar-refractivity contribution in [3.63, 3.8) is 0 Å². The molecule has 0 bridgehead atoms. The predicted molar refractivity (Wildman–Crippen MR) is 77.4 cm³/mol. The standard InChI is InChI=1S/C15H22F2N2O2/c1-9(2)18-14(20)11(4)19-10(3)12-5-7-13(8-6-12)21-15(16)17/h5-11,15,19H,1-4H3,(H,18,20). The molecule has 0 radical (unpaired) electrons. The lowest BCUT2D eigenvalue weighted by Crippen LogP contribution is -2.45. The van der Waals surface area contributed by atoms with Gasteiger partial charge in [0.15, 0.2) is 0 Å². The number of hydrogen-bond donors (Lipinski definition) is 2. The number of rotatable bonds is 7. The van der Waals surface area contributed by atoms with E-state index in [2.05, 4.69) is 15.4 Å². The summed E-state index contributed by atoms with van der Waals surface area (Å²) in [6, 6.07) is 6.02. The van der Waals surface area contributed by atoms with Gasteiger partial charge in [0.2, 0.25) is 5.91 Å².